The lowest BCUT2D eigenvalue weighted by Gasteiger charge is -2.25. The molecule has 0 saturated carbocycles. The summed E-state index contributed by atoms with van der Waals surface area (Å²) in [5, 5.41) is 2.74. The van der Waals surface area contributed by atoms with Gasteiger partial charge in [-0.05, 0) is 54.9 Å². The summed E-state index contributed by atoms with van der Waals surface area (Å²) in [4.78, 5) is 10.3. The van der Waals surface area contributed by atoms with E-state index in [1.54, 1.807) is 7.11 Å². The highest BCUT2D eigenvalue weighted by molar-refractivity contribution is 5.46. The van der Waals surface area contributed by atoms with Gasteiger partial charge in [0.1, 0.15) is 5.75 Å². The fraction of sp³-hybridized carbons (Fsp3) is 0.500. The average molecular weight is 233 g/mol. The molecule has 0 unspecified atom stereocenters. The summed E-state index contributed by atoms with van der Waals surface area (Å²) in [5.74, 6) is 1.49. The molecular weight excluding hydrogens is 214 g/mol. The van der Waals surface area contributed by atoms with Gasteiger partial charge < -0.3 is 10.1 Å². The Hall–Kier alpha value is -1.51. The first-order valence-corrected chi connectivity index (χ1v) is 6.19. The third-order valence-corrected chi connectivity index (χ3v) is 3.51. The molecule has 0 heterocycles. The van der Waals surface area contributed by atoms with E-state index in [0.29, 0.717) is 5.92 Å². The normalized spacial score (nSPS) is 18.3. The predicted molar refractivity (Wildman–Crippen MR) is 67.4 cm³/mol. The van der Waals surface area contributed by atoms with Crippen LogP contribution in [0.5, 0.6) is 5.75 Å². The van der Waals surface area contributed by atoms with Crippen molar-refractivity contribution < 1.29 is 9.53 Å². The number of carbonyl (C=O) groups is 1. The van der Waals surface area contributed by atoms with Gasteiger partial charge in [0.15, 0.2) is 0 Å². The fourth-order valence-electron chi connectivity index (χ4n) is 2.62. The van der Waals surface area contributed by atoms with Gasteiger partial charge >= 0.3 is 0 Å². The van der Waals surface area contributed by atoms with Gasteiger partial charge in [-0.1, -0.05) is 6.07 Å². The van der Waals surface area contributed by atoms with Crippen molar-refractivity contribution in [3.63, 3.8) is 0 Å². The summed E-state index contributed by atoms with van der Waals surface area (Å²) in [6, 6.07) is 6.36. The largest absolute Gasteiger partial charge is 0.497 e. The van der Waals surface area contributed by atoms with E-state index in [1.165, 1.54) is 24.0 Å². The van der Waals surface area contributed by atoms with Crippen molar-refractivity contribution in [3.05, 3.63) is 29.3 Å². The Morgan fingerprint density at radius 1 is 1.53 bits per heavy atom. The molecule has 3 heteroatoms. The van der Waals surface area contributed by atoms with E-state index < -0.39 is 0 Å². The van der Waals surface area contributed by atoms with Crippen LogP contribution in [0.3, 0.4) is 0 Å². The number of rotatable bonds is 5. The highest BCUT2D eigenvalue weighted by Crippen LogP contribution is 2.35. The molecule has 1 aliphatic carbocycles. The summed E-state index contributed by atoms with van der Waals surface area (Å²) in [5.41, 5.74) is 2.84. The Morgan fingerprint density at radius 3 is 3.18 bits per heavy atom. The molecule has 1 atom stereocenters. The summed E-state index contributed by atoms with van der Waals surface area (Å²) < 4.78 is 5.28. The zero-order valence-electron chi connectivity index (χ0n) is 10.2. The highest BCUT2D eigenvalue weighted by atomic mass is 16.5. The van der Waals surface area contributed by atoms with Crippen LogP contribution in [0.15, 0.2) is 18.2 Å². The Labute approximate surface area is 102 Å². The molecule has 1 aromatic carbocycles. The number of hydrogen-bond acceptors (Lipinski definition) is 2. The quantitative estimate of drug-likeness (QED) is 0.625. The van der Waals surface area contributed by atoms with Crippen molar-refractivity contribution in [2.45, 2.75) is 31.6 Å². The van der Waals surface area contributed by atoms with Crippen LogP contribution in [0.2, 0.25) is 0 Å². The van der Waals surface area contributed by atoms with Gasteiger partial charge in [-0.2, -0.15) is 0 Å². The van der Waals surface area contributed by atoms with Gasteiger partial charge in [0.25, 0.3) is 0 Å². The van der Waals surface area contributed by atoms with Crippen LogP contribution >= 0.6 is 0 Å². The number of aryl methyl sites for hydroxylation is 1. The lowest BCUT2D eigenvalue weighted by molar-refractivity contribution is -0.109. The SMILES string of the molecule is COc1ccc2c(c1)[C@H](CCNC=O)CCC2. The highest BCUT2D eigenvalue weighted by Gasteiger charge is 2.20. The molecule has 0 aliphatic heterocycles. The first-order valence-electron chi connectivity index (χ1n) is 6.19. The predicted octanol–water partition coefficient (Wildman–Crippen LogP) is 2.25. The summed E-state index contributed by atoms with van der Waals surface area (Å²) in [6.07, 6.45) is 5.40. The van der Waals surface area contributed by atoms with E-state index in [1.807, 2.05) is 6.07 Å². The molecule has 1 N–H and O–H groups in total. The van der Waals surface area contributed by atoms with Crippen molar-refractivity contribution >= 4 is 6.41 Å². The maximum absolute atomic E-state index is 10.3. The molecule has 0 aromatic heterocycles. The molecule has 1 aliphatic rings. The number of hydrogen-bond donors (Lipinski definition) is 1. The molecule has 0 radical (unpaired) electrons. The van der Waals surface area contributed by atoms with E-state index in [4.69, 9.17) is 4.74 Å². The van der Waals surface area contributed by atoms with Crippen LogP contribution in [0.4, 0.5) is 0 Å². The number of ether oxygens (including phenoxy) is 1. The fourth-order valence-corrected chi connectivity index (χ4v) is 2.62. The molecule has 1 aromatic rings. The standard InChI is InChI=1S/C14H19NO2/c1-17-13-6-5-11-3-2-4-12(14(11)9-13)7-8-15-10-16/h5-6,9-10,12H,2-4,7-8H2,1H3,(H,15,16)/t12-/m0/s1. The molecule has 0 bridgehead atoms. The van der Waals surface area contributed by atoms with Gasteiger partial charge in [-0.3, -0.25) is 4.79 Å². The van der Waals surface area contributed by atoms with E-state index in [-0.39, 0.29) is 0 Å². The van der Waals surface area contributed by atoms with E-state index in [2.05, 4.69) is 17.4 Å². The first-order chi connectivity index (χ1) is 8.35. The monoisotopic (exact) mass is 233 g/mol. The van der Waals surface area contributed by atoms with Crippen molar-refractivity contribution in [1.82, 2.24) is 5.32 Å². The lowest BCUT2D eigenvalue weighted by atomic mass is 9.81. The van der Waals surface area contributed by atoms with Gasteiger partial charge in [0.2, 0.25) is 6.41 Å². The van der Waals surface area contributed by atoms with Crippen LogP contribution < -0.4 is 10.1 Å². The molecule has 2 rings (SSSR count). The number of amides is 1. The molecule has 1 amide bonds. The Balaban J connectivity index is 2.13. The molecule has 92 valence electrons. The topological polar surface area (TPSA) is 38.3 Å². The molecular formula is C14H19NO2. The van der Waals surface area contributed by atoms with Gasteiger partial charge in [0, 0.05) is 6.54 Å². The minimum absolute atomic E-state index is 0.557. The van der Waals surface area contributed by atoms with Crippen LogP contribution in [0.1, 0.15) is 36.3 Å². The summed E-state index contributed by atoms with van der Waals surface area (Å²) in [6.45, 7) is 0.755. The van der Waals surface area contributed by atoms with Crippen molar-refractivity contribution in [2.75, 3.05) is 13.7 Å². The summed E-state index contributed by atoms with van der Waals surface area (Å²) in [7, 11) is 1.70. The van der Waals surface area contributed by atoms with Crippen LogP contribution in [0.25, 0.3) is 0 Å². The van der Waals surface area contributed by atoms with Crippen molar-refractivity contribution in [1.29, 1.82) is 0 Å². The third kappa shape index (κ3) is 2.78. The summed E-state index contributed by atoms with van der Waals surface area (Å²) >= 11 is 0. The Kier molecular flexibility index (Phi) is 4.02. The second-order valence-electron chi connectivity index (χ2n) is 4.51. The maximum atomic E-state index is 10.3. The van der Waals surface area contributed by atoms with E-state index in [9.17, 15) is 4.79 Å². The number of nitrogens with one attached hydrogen (secondary N) is 1. The first kappa shape index (κ1) is 12.0. The van der Waals surface area contributed by atoms with Crippen LogP contribution in [-0.2, 0) is 11.2 Å². The molecule has 0 spiro atoms. The molecule has 0 fully saturated rings. The Bertz CT molecular complexity index is 390. The lowest BCUT2D eigenvalue weighted by Crippen LogP contribution is -2.18. The molecule has 17 heavy (non-hydrogen) atoms. The van der Waals surface area contributed by atoms with Gasteiger partial charge in [-0.15, -0.1) is 0 Å². The van der Waals surface area contributed by atoms with Crippen LogP contribution in [0, 0.1) is 0 Å². The van der Waals surface area contributed by atoms with Crippen molar-refractivity contribution in [2.24, 2.45) is 0 Å². The Morgan fingerprint density at radius 2 is 2.41 bits per heavy atom. The number of carbonyl (C=O) groups excluding carboxylic acids is 1. The van der Waals surface area contributed by atoms with Gasteiger partial charge in [0.05, 0.1) is 7.11 Å². The number of fused-ring (bicyclic) bond motifs is 1. The third-order valence-electron chi connectivity index (χ3n) is 3.51. The van der Waals surface area contributed by atoms with Crippen molar-refractivity contribution in [3.8, 4) is 5.75 Å². The van der Waals surface area contributed by atoms with E-state index in [0.717, 1.165) is 31.5 Å². The average Bonchev–Trinajstić information content (AvgIpc) is 2.39. The zero-order valence-corrected chi connectivity index (χ0v) is 10.2. The number of methoxy groups -OCH3 is 1. The minimum atomic E-state index is 0.557. The number of benzene rings is 1. The maximum Gasteiger partial charge on any atom is 0.207 e. The second kappa shape index (κ2) is 5.71. The smallest absolute Gasteiger partial charge is 0.207 e. The van der Waals surface area contributed by atoms with Gasteiger partial charge in [-0.25, -0.2) is 0 Å². The zero-order chi connectivity index (χ0) is 12.1. The molecule has 3 nitrogen and oxygen atoms in total. The minimum Gasteiger partial charge on any atom is -0.497 e. The second-order valence-corrected chi connectivity index (χ2v) is 4.51. The van der Waals surface area contributed by atoms with E-state index >= 15 is 0 Å². The van der Waals surface area contributed by atoms with Crippen LogP contribution in [-0.4, -0.2) is 20.1 Å². The molecule has 0 saturated heterocycles.